The van der Waals surface area contributed by atoms with Crippen molar-refractivity contribution in [1.82, 2.24) is 4.98 Å². The van der Waals surface area contributed by atoms with Crippen LogP contribution in [0.1, 0.15) is 28.0 Å². The Kier molecular flexibility index (Phi) is 3.84. The van der Waals surface area contributed by atoms with E-state index in [1.54, 1.807) is 19.9 Å². The van der Waals surface area contributed by atoms with Gasteiger partial charge in [0, 0.05) is 5.69 Å². The van der Waals surface area contributed by atoms with Gasteiger partial charge in [-0.15, -0.1) is 0 Å². The van der Waals surface area contributed by atoms with Gasteiger partial charge in [-0.05, 0) is 25.5 Å². The third-order valence-electron chi connectivity index (χ3n) is 4.40. The van der Waals surface area contributed by atoms with Gasteiger partial charge in [-0.25, -0.2) is 4.98 Å². The molecule has 2 aliphatic rings. The number of carbonyl (C=O) groups is 1. The Morgan fingerprint density at radius 3 is 2.52 bits per heavy atom. The Balaban J connectivity index is 2.10. The van der Waals surface area contributed by atoms with E-state index in [-0.39, 0.29) is 42.6 Å². The largest absolute Gasteiger partial charge is 0.486 e. The Morgan fingerprint density at radius 1 is 1.26 bits per heavy atom. The quantitative estimate of drug-likeness (QED) is 0.829. The monoisotopic (exact) mass is 331 g/mol. The summed E-state index contributed by atoms with van der Waals surface area (Å²) in [5.41, 5.74) is -1.33. The number of morpholine rings is 1. The van der Waals surface area contributed by atoms with Crippen molar-refractivity contribution in [3.63, 3.8) is 0 Å². The molecule has 0 aromatic carbocycles. The van der Waals surface area contributed by atoms with Gasteiger partial charge < -0.3 is 9.47 Å². The minimum absolute atomic E-state index is 0.132. The Bertz CT molecular complexity index is 642. The summed E-state index contributed by atoms with van der Waals surface area (Å²) in [6.07, 6.45) is -5.42. The number of aromatic nitrogens is 1. The van der Waals surface area contributed by atoms with Crippen molar-refractivity contribution < 1.29 is 32.3 Å². The number of fused-ring (bicyclic) bond motifs is 1. The molecule has 0 bridgehead atoms. The van der Waals surface area contributed by atoms with Gasteiger partial charge in [-0.3, -0.25) is 9.69 Å². The number of halogens is 3. The summed E-state index contributed by atoms with van der Waals surface area (Å²) < 4.78 is 52.2. The minimum Gasteiger partial charge on any atom is -0.413 e. The van der Waals surface area contributed by atoms with Gasteiger partial charge in [0.1, 0.15) is 19.5 Å². The molecule has 0 amide bonds. The number of Topliss-reactive ketones (excluding diaryl/α,β-unsaturated/α-hetero) is 1. The van der Waals surface area contributed by atoms with Crippen LogP contribution in [0.4, 0.5) is 13.2 Å². The molecule has 0 spiro atoms. The molecule has 0 unspecified atom stereocenters. The molecule has 1 saturated heterocycles. The van der Waals surface area contributed by atoms with Crippen molar-refractivity contribution in [2.45, 2.75) is 32.2 Å². The molecule has 2 aliphatic heterocycles. The number of pyridine rings is 1. The molecule has 1 aromatic rings. The van der Waals surface area contributed by atoms with Crippen LogP contribution < -0.4 is 9.64 Å². The number of hydrogen-bond donors (Lipinski definition) is 1. The van der Waals surface area contributed by atoms with Gasteiger partial charge in [0.05, 0.1) is 18.8 Å². The third kappa shape index (κ3) is 2.59. The van der Waals surface area contributed by atoms with E-state index in [0.717, 1.165) is 0 Å². The predicted octanol–water partition coefficient (Wildman–Crippen LogP) is 0.837. The molecular formula is C15H18F3N2O3+. The van der Waals surface area contributed by atoms with Crippen LogP contribution in [0.25, 0.3) is 0 Å². The summed E-state index contributed by atoms with van der Waals surface area (Å²) in [6, 6.07) is 1.67. The maximum atomic E-state index is 13.9. The maximum Gasteiger partial charge on any atom is 0.486 e. The second-order valence-corrected chi connectivity index (χ2v) is 6.00. The summed E-state index contributed by atoms with van der Waals surface area (Å²) in [5, 5.41) is 0. The molecule has 1 aromatic heterocycles. The first-order valence-electron chi connectivity index (χ1n) is 7.45. The number of ether oxygens (including phenoxy) is 2. The summed E-state index contributed by atoms with van der Waals surface area (Å²) >= 11 is 0. The molecule has 1 fully saturated rings. The van der Waals surface area contributed by atoms with Gasteiger partial charge in [0.25, 0.3) is 0 Å². The van der Waals surface area contributed by atoms with Crippen molar-refractivity contribution in [3.8, 4) is 5.88 Å². The van der Waals surface area contributed by atoms with Crippen LogP contribution in [0.3, 0.4) is 0 Å². The average molecular weight is 331 g/mol. The molecule has 3 rings (SSSR count). The number of rotatable bonds is 1. The fourth-order valence-electron chi connectivity index (χ4n) is 3.31. The highest BCUT2D eigenvalue weighted by Gasteiger charge is 2.68. The third-order valence-corrected chi connectivity index (χ3v) is 4.40. The Labute approximate surface area is 131 Å². The first kappa shape index (κ1) is 16.2. The standard InChI is InChI=1S/C15H17F3N2O3/c1-9-7-10(2)19-13-12(9)11(21)8-14(23-13,15(16,17)18)20-3-5-22-6-4-20/h7H,3-6,8H2,1-2H3/p+1/t14-/m1/s1. The smallest absolute Gasteiger partial charge is 0.413 e. The molecular weight excluding hydrogens is 313 g/mol. The molecule has 23 heavy (non-hydrogen) atoms. The van der Waals surface area contributed by atoms with Gasteiger partial charge in [0.2, 0.25) is 5.88 Å². The zero-order valence-electron chi connectivity index (χ0n) is 12.9. The zero-order chi connectivity index (χ0) is 16.8. The Morgan fingerprint density at radius 2 is 1.91 bits per heavy atom. The molecule has 3 heterocycles. The van der Waals surface area contributed by atoms with Crippen LogP contribution in [0.15, 0.2) is 6.07 Å². The number of quaternary nitrogens is 1. The van der Waals surface area contributed by atoms with E-state index in [4.69, 9.17) is 9.47 Å². The topological polar surface area (TPSA) is 52.9 Å². The van der Waals surface area contributed by atoms with Crippen LogP contribution >= 0.6 is 0 Å². The fraction of sp³-hybridized carbons (Fsp3) is 0.600. The second-order valence-electron chi connectivity index (χ2n) is 6.00. The van der Waals surface area contributed by atoms with Crippen molar-refractivity contribution in [2.75, 3.05) is 26.3 Å². The summed E-state index contributed by atoms with van der Waals surface area (Å²) in [6.45, 7) is 4.01. The van der Waals surface area contributed by atoms with E-state index in [2.05, 4.69) is 4.98 Å². The number of hydrogen-bond acceptors (Lipinski definition) is 4. The fourth-order valence-corrected chi connectivity index (χ4v) is 3.31. The molecule has 0 radical (unpaired) electrons. The van der Waals surface area contributed by atoms with E-state index in [1.807, 2.05) is 0 Å². The highest BCUT2D eigenvalue weighted by atomic mass is 19.4. The first-order valence-corrected chi connectivity index (χ1v) is 7.45. The number of nitrogens with one attached hydrogen (secondary N) is 1. The number of nitrogens with zero attached hydrogens (tertiary/aromatic N) is 1. The van der Waals surface area contributed by atoms with Gasteiger partial charge in [-0.1, -0.05) is 0 Å². The van der Waals surface area contributed by atoms with E-state index >= 15 is 0 Å². The lowest BCUT2D eigenvalue weighted by Crippen LogP contribution is -3.25. The van der Waals surface area contributed by atoms with E-state index in [0.29, 0.717) is 11.3 Å². The lowest BCUT2D eigenvalue weighted by molar-refractivity contribution is -0.994. The molecule has 5 nitrogen and oxygen atoms in total. The maximum absolute atomic E-state index is 13.9. The summed E-state index contributed by atoms with van der Waals surface area (Å²) in [7, 11) is 0. The lowest BCUT2D eigenvalue weighted by Gasteiger charge is -2.43. The highest BCUT2D eigenvalue weighted by Crippen LogP contribution is 2.40. The van der Waals surface area contributed by atoms with Gasteiger partial charge in [0.15, 0.2) is 5.78 Å². The second kappa shape index (κ2) is 5.45. The van der Waals surface area contributed by atoms with Gasteiger partial charge >= 0.3 is 11.9 Å². The normalized spacial score (nSPS) is 25.9. The van der Waals surface area contributed by atoms with Crippen LogP contribution in [0, 0.1) is 13.8 Å². The summed E-state index contributed by atoms with van der Waals surface area (Å²) in [4.78, 5) is 16.7. The van der Waals surface area contributed by atoms with Crippen molar-refractivity contribution >= 4 is 5.78 Å². The van der Waals surface area contributed by atoms with Crippen LogP contribution in [0.2, 0.25) is 0 Å². The van der Waals surface area contributed by atoms with Crippen LogP contribution in [0.5, 0.6) is 5.88 Å². The molecule has 0 aliphatic carbocycles. The van der Waals surface area contributed by atoms with E-state index in [1.165, 1.54) is 0 Å². The van der Waals surface area contributed by atoms with E-state index < -0.39 is 24.1 Å². The molecule has 1 N–H and O–H groups in total. The van der Waals surface area contributed by atoms with E-state index in [9.17, 15) is 18.0 Å². The molecule has 126 valence electrons. The molecule has 0 saturated carbocycles. The number of carbonyl (C=O) groups excluding carboxylic acids is 1. The van der Waals surface area contributed by atoms with Crippen LogP contribution in [-0.2, 0) is 4.74 Å². The highest BCUT2D eigenvalue weighted by molar-refractivity contribution is 6.01. The van der Waals surface area contributed by atoms with Gasteiger partial charge in [-0.2, -0.15) is 13.2 Å². The number of ketones is 1. The van der Waals surface area contributed by atoms with Crippen molar-refractivity contribution in [1.29, 1.82) is 0 Å². The zero-order valence-corrected chi connectivity index (χ0v) is 12.9. The first-order chi connectivity index (χ1) is 10.7. The number of alkyl halides is 3. The predicted molar refractivity (Wildman–Crippen MR) is 73.6 cm³/mol. The lowest BCUT2D eigenvalue weighted by atomic mass is 9.93. The average Bonchev–Trinajstić information content (AvgIpc) is 2.45. The van der Waals surface area contributed by atoms with Crippen molar-refractivity contribution in [2.24, 2.45) is 0 Å². The summed E-state index contributed by atoms with van der Waals surface area (Å²) in [5.74, 6) is -0.789. The molecule has 8 heteroatoms. The van der Waals surface area contributed by atoms with Crippen LogP contribution in [-0.4, -0.2) is 49.0 Å². The molecule has 1 atom stereocenters. The van der Waals surface area contributed by atoms with Crippen molar-refractivity contribution in [3.05, 3.63) is 22.9 Å². The Hall–Kier alpha value is -1.67. The SMILES string of the molecule is Cc1cc(C)c2c(n1)O[C@@]([NH+]1CCOCC1)(C(F)(F)F)CC2=O. The minimum atomic E-state index is -4.69. The number of aryl methyl sites for hydroxylation is 2.